The first-order valence-corrected chi connectivity index (χ1v) is 11.2. The summed E-state index contributed by atoms with van der Waals surface area (Å²) < 4.78 is 36.2. The molecule has 1 fully saturated rings. The topological polar surface area (TPSA) is 51.9 Å². The van der Waals surface area contributed by atoms with Crippen LogP contribution in [0.2, 0.25) is 0 Å². The molecule has 2 aromatic carbocycles. The predicted molar refractivity (Wildman–Crippen MR) is 126 cm³/mol. The molecule has 0 aliphatic carbocycles. The summed E-state index contributed by atoms with van der Waals surface area (Å²) in [5, 5.41) is 4.34. The molecule has 176 valence electrons. The third-order valence-corrected chi connectivity index (χ3v) is 6.55. The van der Waals surface area contributed by atoms with Gasteiger partial charge in [0.15, 0.2) is 5.84 Å². The number of piperidine rings is 1. The van der Waals surface area contributed by atoms with E-state index in [9.17, 15) is 8.78 Å². The SMILES string of the molecule is COc1cc(/C=C2\CCCN3C2=NOC3(C)c2cc(F)c(C)c(F)c2)ccc1-n1cnc(C)c1. The first-order chi connectivity index (χ1) is 16.3. The van der Waals surface area contributed by atoms with Gasteiger partial charge in [0.1, 0.15) is 17.4 Å². The van der Waals surface area contributed by atoms with Crippen molar-refractivity contribution < 1.29 is 18.4 Å². The van der Waals surface area contributed by atoms with Gasteiger partial charge in [0.25, 0.3) is 0 Å². The molecule has 1 atom stereocenters. The zero-order valence-electron chi connectivity index (χ0n) is 19.6. The molecule has 0 saturated carbocycles. The number of aromatic nitrogens is 2. The van der Waals surface area contributed by atoms with E-state index in [0.717, 1.165) is 41.1 Å². The monoisotopic (exact) mass is 464 g/mol. The van der Waals surface area contributed by atoms with E-state index in [-0.39, 0.29) is 5.56 Å². The summed E-state index contributed by atoms with van der Waals surface area (Å²) in [6.07, 6.45) is 7.44. The van der Waals surface area contributed by atoms with Crippen molar-refractivity contribution in [2.45, 2.75) is 39.3 Å². The number of nitrogens with zero attached hydrogens (tertiary/aromatic N) is 4. The lowest BCUT2D eigenvalue weighted by Crippen LogP contribution is -2.47. The van der Waals surface area contributed by atoms with E-state index in [4.69, 9.17) is 9.57 Å². The second-order valence-electron chi connectivity index (χ2n) is 8.83. The van der Waals surface area contributed by atoms with E-state index in [1.807, 2.05) is 40.8 Å². The highest BCUT2D eigenvalue weighted by Crippen LogP contribution is 2.41. The maximum atomic E-state index is 14.3. The van der Waals surface area contributed by atoms with Gasteiger partial charge in [0.05, 0.1) is 24.8 Å². The molecule has 5 rings (SSSR count). The number of ether oxygens (including phenoxy) is 1. The standard InChI is InChI=1S/C26H26F2N4O2/c1-16-14-31(15-29-16)23-8-7-18(11-24(23)33-4)10-19-6-5-9-32-25(19)30-34-26(32,3)20-12-21(27)17(2)22(28)13-20/h7-8,10-15H,5-6,9H2,1-4H3/b19-10+. The highest BCUT2D eigenvalue weighted by Gasteiger charge is 2.46. The van der Waals surface area contributed by atoms with Crippen LogP contribution in [0.4, 0.5) is 8.78 Å². The van der Waals surface area contributed by atoms with Gasteiger partial charge in [-0.05, 0) is 68.2 Å². The number of amidine groups is 1. The van der Waals surface area contributed by atoms with Crippen LogP contribution in [0.15, 0.2) is 53.6 Å². The average molecular weight is 465 g/mol. The minimum Gasteiger partial charge on any atom is -0.495 e. The summed E-state index contributed by atoms with van der Waals surface area (Å²) in [4.78, 5) is 12.1. The van der Waals surface area contributed by atoms with E-state index in [1.54, 1.807) is 20.4 Å². The number of fused-ring (bicyclic) bond motifs is 1. The maximum Gasteiger partial charge on any atom is 0.234 e. The number of oxime groups is 1. The second kappa shape index (κ2) is 8.27. The Labute approximate surface area is 197 Å². The molecule has 3 aromatic rings. The molecule has 3 heterocycles. The van der Waals surface area contributed by atoms with Crippen LogP contribution in [-0.2, 0) is 10.6 Å². The van der Waals surface area contributed by atoms with Gasteiger partial charge < -0.3 is 19.0 Å². The molecule has 8 heteroatoms. The van der Waals surface area contributed by atoms with E-state index < -0.39 is 17.4 Å². The third kappa shape index (κ3) is 3.63. The first kappa shape index (κ1) is 22.1. The number of rotatable bonds is 4. The number of methoxy groups -OCH3 is 1. The fourth-order valence-corrected chi connectivity index (χ4v) is 4.53. The van der Waals surface area contributed by atoms with E-state index in [1.165, 1.54) is 19.1 Å². The van der Waals surface area contributed by atoms with Crippen LogP contribution in [-0.4, -0.2) is 33.9 Å². The Morgan fingerprint density at radius 3 is 2.59 bits per heavy atom. The summed E-state index contributed by atoms with van der Waals surface area (Å²) in [5.74, 6) is 0.213. The fourth-order valence-electron chi connectivity index (χ4n) is 4.53. The zero-order chi connectivity index (χ0) is 24.0. The predicted octanol–water partition coefficient (Wildman–Crippen LogP) is 5.47. The van der Waals surface area contributed by atoms with E-state index in [2.05, 4.69) is 16.2 Å². The number of halogens is 2. The molecule has 2 aliphatic heterocycles. The quantitative estimate of drug-likeness (QED) is 0.514. The van der Waals surface area contributed by atoms with Crippen LogP contribution < -0.4 is 4.74 Å². The lowest BCUT2D eigenvalue weighted by atomic mass is 9.94. The number of hydrogen-bond donors (Lipinski definition) is 0. The molecule has 1 aromatic heterocycles. The average Bonchev–Trinajstić information content (AvgIpc) is 3.41. The van der Waals surface area contributed by atoms with E-state index >= 15 is 0 Å². The van der Waals surface area contributed by atoms with Gasteiger partial charge in [-0.3, -0.25) is 0 Å². The number of benzene rings is 2. The van der Waals surface area contributed by atoms with Crippen LogP contribution >= 0.6 is 0 Å². The Kier molecular flexibility index (Phi) is 5.38. The van der Waals surface area contributed by atoms with Gasteiger partial charge in [-0.2, -0.15) is 0 Å². The minimum absolute atomic E-state index is 0.00559. The first-order valence-electron chi connectivity index (χ1n) is 11.2. The smallest absolute Gasteiger partial charge is 0.234 e. The highest BCUT2D eigenvalue weighted by molar-refractivity contribution is 6.03. The lowest BCUT2D eigenvalue weighted by molar-refractivity contribution is -0.0916. The van der Waals surface area contributed by atoms with Crippen molar-refractivity contribution in [1.82, 2.24) is 14.5 Å². The van der Waals surface area contributed by atoms with Crippen LogP contribution in [0.25, 0.3) is 11.8 Å². The van der Waals surface area contributed by atoms with Gasteiger partial charge in [-0.25, -0.2) is 13.8 Å². The van der Waals surface area contributed by atoms with Crippen molar-refractivity contribution in [2.24, 2.45) is 5.16 Å². The summed E-state index contributed by atoms with van der Waals surface area (Å²) >= 11 is 0. The number of hydrogen-bond acceptors (Lipinski definition) is 5. The van der Waals surface area contributed by atoms with Crippen molar-refractivity contribution in [2.75, 3.05) is 13.7 Å². The second-order valence-corrected chi connectivity index (χ2v) is 8.83. The van der Waals surface area contributed by atoms with Gasteiger partial charge in [0, 0.05) is 30.8 Å². The zero-order valence-corrected chi connectivity index (χ0v) is 19.6. The van der Waals surface area contributed by atoms with Gasteiger partial charge >= 0.3 is 0 Å². The van der Waals surface area contributed by atoms with E-state index in [0.29, 0.717) is 17.9 Å². The molecule has 0 radical (unpaired) electrons. The summed E-state index contributed by atoms with van der Waals surface area (Å²) in [5.41, 5.74) is 3.09. The van der Waals surface area contributed by atoms with Crippen molar-refractivity contribution in [3.63, 3.8) is 0 Å². The molecule has 0 N–H and O–H groups in total. The summed E-state index contributed by atoms with van der Waals surface area (Å²) in [6, 6.07) is 8.63. The highest BCUT2D eigenvalue weighted by atomic mass is 19.1. The normalized spacial score (nSPS) is 20.8. The fraction of sp³-hybridized carbons (Fsp3) is 0.308. The third-order valence-electron chi connectivity index (χ3n) is 6.55. The Balaban J connectivity index is 1.47. The van der Waals surface area contributed by atoms with Crippen LogP contribution in [0, 0.1) is 25.5 Å². The van der Waals surface area contributed by atoms with Crippen molar-refractivity contribution >= 4 is 11.9 Å². The van der Waals surface area contributed by atoms with Crippen molar-refractivity contribution in [1.29, 1.82) is 0 Å². The Morgan fingerprint density at radius 2 is 1.91 bits per heavy atom. The summed E-state index contributed by atoms with van der Waals surface area (Å²) in [6.45, 7) is 5.82. The van der Waals surface area contributed by atoms with Gasteiger partial charge in [-0.1, -0.05) is 11.2 Å². The number of imidazole rings is 1. The molecule has 0 spiro atoms. The van der Waals surface area contributed by atoms with Crippen LogP contribution in [0.5, 0.6) is 5.75 Å². The lowest BCUT2D eigenvalue weighted by Gasteiger charge is -2.37. The molecular weight excluding hydrogens is 438 g/mol. The van der Waals surface area contributed by atoms with Crippen LogP contribution in [0.3, 0.4) is 0 Å². The molecule has 2 aliphatic rings. The molecule has 0 amide bonds. The van der Waals surface area contributed by atoms with Gasteiger partial charge in [0.2, 0.25) is 5.72 Å². The van der Waals surface area contributed by atoms with Crippen molar-refractivity contribution in [3.8, 4) is 11.4 Å². The van der Waals surface area contributed by atoms with Crippen molar-refractivity contribution in [3.05, 3.63) is 82.4 Å². The largest absolute Gasteiger partial charge is 0.495 e. The molecule has 34 heavy (non-hydrogen) atoms. The maximum absolute atomic E-state index is 14.3. The minimum atomic E-state index is -1.08. The molecule has 1 saturated heterocycles. The number of aryl methyl sites for hydroxylation is 1. The summed E-state index contributed by atoms with van der Waals surface area (Å²) in [7, 11) is 1.64. The Morgan fingerprint density at radius 1 is 1.15 bits per heavy atom. The Hall–Kier alpha value is -3.68. The molecule has 1 unspecified atom stereocenters. The van der Waals surface area contributed by atoms with Crippen LogP contribution in [0.1, 0.15) is 42.1 Å². The molecular formula is C26H26F2N4O2. The molecule has 6 nitrogen and oxygen atoms in total. The molecule has 0 bridgehead atoms. The Bertz CT molecular complexity index is 1310. The van der Waals surface area contributed by atoms with Gasteiger partial charge in [-0.15, -0.1) is 0 Å².